The van der Waals surface area contributed by atoms with E-state index in [9.17, 15) is 24.3 Å². The third-order valence-electron chi connectivity index (χ3n) is 6.54. The van der Waals surface area contributed by atoms with Gasteiger partial charge in [0.2, 0.25) is 0 Å². The van der Waals surface area contributed by atoms with Gasteiger partial charge in [0.05, 0.1) is 13.2 Å². The van der Waals surface area contributed by atoms with Gasteiger partial charge in [0, 0.05) is 12.8 Å². The minimum absolute atomic E-state index is 0.122. The molecule has 0 unspecified atom stereocenters. The van der Waals surface area contributed by atoms with Crippen LogP contribution in [-0.4, -0.2) is 60.5 Å². The lowest BCUT2D eigenvalue weighted by molar-refractivity contribution is -0.144. The summed E-state index contributed by atoms with van der Waals surface area (Å²) in [6.45, 7) is 5.70. The molecule has 1 aliphatic carbocycles. The van der Waals surface area contributed by atoms with E-state index in [1.54, 1.807) is 0 Å². The number of carbonyl (C=O) groups excluding carboxylic acids is 3. The highest BCUT2D eigenvalue weighted by Crippen LogP contribution is 2.31. The van der Waals surface area contributed by atoms with Crippen LogP contribution < -0.4 is 15.2 Å². The average molecular weight is 582 g/mol. The second-order valence-corrected chi connectivity index (χ2v) is 10.3. The van der Waals surface area contributed by atoms with Crippen LogP contribution in [0.3, 0.4) is 0 Å². The zero-order chi connectivity index (χ0) is 30.3. The number of carboxylic acid groups (broad SMARTS) is 1. The van der Waals surface area contributed by atoms with Crippen LogP contribution in [0.2, 0.25) is 0 Å². The maximum atomic E-state index is 12.2. The van der Waals surface area contributed by atoms with Crippen molar-refractivity contribution in [1.82, 2.24) is 0 Å². The standard InChI is InChI=1S/C29H43NO11/c1-4-6-15-36-26(33)40-23-14-13-21(17-24(23)41-27(34)37-16-7-5-2)19-29(30,25(31)32)18-20(3)38-28(35)39-22-11-9-8-10-12-22/h13-14,17,20,22H,4-12,15-16,18-19,30H2,1-3H3,(H,31,32)/t20-,29+/m0/s1. The highest BCUT2D eigenvalue weighted by atomic mass is 16.7. The number of carboxylic acids is 1. The van der Waals surface area contributed by atoms with Gasteiger partial charge in [0.15, 0.2) is 11.5 Å². The topological polar surface area (TPSA) is 170 Å². The molecule has 1 aliphatic rings. The molecule has 12 heteroatoms. The monoisotopic (exact) mass is 581 g/mol. The van der Waals surface area contributed by atoms with Gasteiger partial charge < -0.3 is 39.3 Å². The summed E-state index contributed by atoms with van der Waals surface area (Å²) in [4.78, 5) is 48.8. The first-order chi connectivity index (χ1) is 19.6. The van der Waals surface area contributed by atoms with E-state index < -0.39 is 36.1 Å². The van der Waals surface area contributed by atoms with E-state index in [0.29, 0.717) is 18.4 Å². The Kier molecular flexibility index (Phi) is 14.2. The molecule has 0 heterocycles. The van der Waals surface area contributed by atoms with Crippen LogP contribution in [0.4, 0.5) is 14.4 Å². The van der Waals surface area contributed by atoms with Crippen LogP contribution in [0.15, 0.2) is 18.2 Å². The molecule has 2 atom stereocenters. The first kappa shape index (κ1) is 33.7. The second kappa shape index (κ2) is 17.3. The van der Waals surface area contributed by atoms with Crippen LogP contribution in [0, 0.1) is 0 Å². The molecule has 0 radical (unpaired) electrons. The molecule has 0 bridgehead atoms. The molecule has 1 saturated carbocycles. The summed E-state index contributed by atoms with van der Waals surface area (Å²) in [6, 6.07) is 4.16. The Morgan fingerprint density at radius 2 is 1.51 bits per heavy atom. The molecular formula is C29H43NO11. The highest BCUT2D eigenvalue weighted by Gasteiger charge is 2.37. The number of nitrogens with two attached hydrogens (primary N) is 1. The normalized spacial score (nSPS) is 15.6. The third-order valence-corrected chi connectivity index (χ3v) is 6.54. The smallest absolute Gasteiger partial charge is 0.480 e. The van der Waals surface area contributed by atoms with Crippen LogP contribution in [-0.2, 0) is 30.2 Å². The molecule has 0 amide bonds. The number of rotatable bonds is 15. The van der Waals surface area contributed by atoms with Crippen molar-refractivity contribution in [3.8, 4) is 11.5 Å². The van der Waals surface area contributed by atoms with E-state index >= 15 is 0 Å². The van der Waals surface area contributed by atoms with Crippen molar-refractivity contribution in [1.29, 1.82) is 0 Å². The van der Waals surface area contributed by atoms with Gasteiger partial charge in [-0.3, -0.25) is 4.79 Å². The maximum Gasteiger partial charge on any atom is 0.513 e. The molecule has 0 aliphatic heterocycles. The van der Waals surface area contributed by atoms with Crippen molar-refractivity contribution in [2.75, 3.05) is 13.2 Å². The Balaban J connectivity index is 2.14. The van der Waals surface area contributed by atoms with E-state index in [1.807, 2.05) is 13.8 Å². The largest absolute Gasteiger partial charge is 0.513 e. The van der Waals surface area contributed by atoms with E-state index in [1.165, 1.54) is 25.1 Å². The van der Waals surface area contributed by atoms with Crippen LogP contribution in [0.25, 0.3) is 0 Å². The van der Waals surface area contributed by atoms with E-state index in [-0.39, 0.29) is 43.7 Å². The summed E-state index contributed by atoms with van der Waals surface area (Å²) in [5.41, 5.74) is 4.78. The van der Waals surface area contributed by atoms with Crippen LogP contribution >= 0.6 is 0 Å². The van der Waals surface area contributed by atoms with Gasteiger partial charge in [-0.25, -0.2) is 14.4 Å². The highest BCUT2D eigenvalue weighted by molar-refractivity contribution is 5.79. The first-order valence-corrected chi connectivity index (χ1v) is 14.3. The van der Waals surface area contributed by atoms with Gasteiger partial charge in [-0.2, -0.15) is 0 Å². The van der Waals surface area contributed by atoms with Gasteiger partial charge >= 0.3 is 24.4 Å². The second-order valence-electron chi connectivity index (χ2n) is 10.3. The first-order valence-electron chi connectivity index (χ1n) is 14.3. The van der Waals surface area contributed by atoms with Crippen molar-refractivity contribution in [2.24, 2.45) is 5.73 Å². The van der Waals surface area contributed by atoms with E-state index in [0.717, 1.165) is 44.9 Å². The minimum atomic E-state index is -1.86. The quantitative estimate of drug-likeness (QED) is 0.109. The molecule has 2 rings (SSSR count). The fourth-order valence-corrected chi connectivity index (χ4v) is 4.33. The van der Waals surface area contributed by atoms with Crippen molar-refractivity contribution < 1.29 is 52.7 Å². The molecule has 12 nitrogen and oxygen atoms in total. The van der Waals surface area contributed by atoms with Crippen molar-refractivity contribution in [3.05, 3.63) is 23.8 Å². The summed E-state index contributed by atoms with van der Waals surface area (Å²) < 4.78 is 31.2. The summed E-state index contributed by atoms with van der Waals surface area (Å²) in [7, 11) is 0. The fraction of sp³-hybridized carbons (Fsp3) is 0.655. The third kappa shape index (κ3) is 12.2. The van der Waals surface area contributed by atoms with Gasteiger partial charge in [-0.15, -0.1) is 0 Å². The Labute approximate surface area is 240 Å². The molecule has 1 aromatic rings. The Hall–Kier alpha value is -3.54. The number of hydrogen-bond acceptors (Lipinski definition) is 11. The molecule has 0 spiro atoms. The maximum absolute atomic E-state index is 12.2. The Morgan fingerprint density at radius 3 is 2.07 bits per heavy atom. The van der Waals surface area contributed by atoms with Gasteiger partial charge in [-0.05, 0) is 63.1 Å². The number of unbranched alkanes of at least 4 members (excludes halogenated alkanes) is 2. The molecule has 230 valence electrons. The summed E-state index contributed by atoms with van der Waals surface area (Å²) >= 11 is 0. The van der Waals surface area contributed by atoms with Crippen molar-refractivity contribution in [3.63, 3.8) is 0 Å². The molecule has 3 N–H and O–H groups in total. The average Bonchev–Trinajstić information content (AvgIpc) is 2.90. The number of aliphatic carboxylic acids is 1. The molecular weight excluding hydrogens is 538 g/mol. The molecule has 1 aromatic carbocycles. The summed E-state index contributed by atoms with van der Waals surface area (Å²) in [5, 5.41) is 9.96. The van der Waals surface area contributed by atoms with Crippen LogP contribution in [0.5, 0.6) is 11.5 Å². The molecule has 1 fully saturated rings. The minimum Gasteiger partial charge on any atom is -0.480 e. The molecule has 0 saturated heterocycles. The summed E-state index contributed by atoms with van der Waals surface area (Å²) in [6.07, 6.45) is 3.10. The SMILES string of the molecule is CCCCOC(=O)Oc1ccc(C[C@](N)(C[C@H](C)OC(=O)OC2CCCCC2)C(=O)O)cc1OC(=O)OCCCC. The van der Waals surface area contributed by atoms with Crippen LogP contribution in [0.1, 0.15) is 90.5 Å². The summed E-state index contributed by atoms with van der Waals surface area (Å²) in [5.74, 6) is -1.62. The van der Waals surface area contributed by atoms with Gasteiger partial charge in [-0.1, -0.05) is 39.2 Å². The van der Waals surface area contributed by atoms with E-state index in [4.69, 9.17) is 34.2 Å². The van der Waals surface area contributed by atoms with Gasteiger partial charge in [0.1, 0.15) is 17.7 Å². The lowest BCUT2D eigenvalue weighted by Crippen LogP contribution is -2.52. The zero-order valence-corrected chi connectivity index (χ0v) is 24.2. The van der Waals surface area contributed by atoms with Crippen molar-refractivity contribution >= 4 is 24.4 Å². The fourth-order valence-electron chi connectivity index (χ4n) is 4.33. The number of carbonyl (C=O) groups is 4. The molecule has 0 aromatic heterocycles. The zero-order valence-electron chi connectivity index (χ0n) is 24.2. The number of hydrogen-bond donors (Lipinski definition) is 2. The predicted molar refractivity (Wildman–Crippen MR) is 147 cm³/mol. The van der Waals surface area contributed by atoms with E-state index in [2.05, 4.69) is 0 Å². The Morgan fingerprint density at radius 1 is 0.927 bits per heavy atom. The lowest BCUT2D eigenvalue weighted by atomic mass is 9.86. The predicted octanol–water partition coefficient (Wildman–Crippen LogP) is 5.91. The van der Waals surface area contributed by atoms with Gasteiger partial charge in [0.25, 0.3) is 0 Å². The lowest BCUT2D eigenvalue weighted by Gasteiger charge is -2.28. The Bertz CT molecular complexity index is 1010. The molecule has 41 heavy (non-hydrogen) atoms. The number of ether oxygens (including phenoxy) is 6. The number of benzene rings is 1. The van der Waals surface area contributed by atoms with Crippen molar-refractivity contribution in [2.45, 2.75) is 109 Å².